The lowest BCUT2D eigenvalue weighted by atomic mass is 10.0. The summed E-state index contributed by atoms with van der Waals surface area (Å²) in [6, 6.07) is 168. The molecular weight excluding hydrogens is 1630 g/mol. The minimum atomic E-state index is 0.645. The lowest BCUT2D eigenvalue weighted by Gasteiger charge is -2.12. The molecule has 12 nitrogen and oxygen atoms in total. The van der Waals surface area contributed by atoms with Gasteiger partial charge in [0.05, 0.1) is 89.2 Å². The summed E-state index contributed by atoms with van der Waals surface area (Å²) in [5.74, 6) is 2.66. The topological polar surface area (TPSA) is 118 Å². The van der Waals surface area contributed by atoms with Gasteiger partial charge >= 0.3 is 0 Å². The van der Waals surface area contributed by atoms with Crippen molar-refractivity contribution < 1.29 is 0 Å². The molecule has 12 heteroatoms. The van der Waals surface area contributed by atoms with Crippen molar-refractivity contribution in [1.82, 2.24) is 52.3 Å². The van der Waals surface area contributed by atoms with Gasteiger partial charge in [-0.1, -0.05) is 303 Å². The molecule has 0 spiro atoms. The second-order valence-electron chi connectivity index (χ2n) is 33.8. The number of fused-ring (bicyclic) bond motifs is 18. The van der Waals surface area contributed by atoms with E-state index in [1.165, 1.54) is 92.5 Å². The van der Waals surface area contributed by atoms with Crippen LogP contribution in [0.5, 0.6) is 0 Å². The molecule has 19 aromatic carbocycles. The van der Waals surface area contributed by atoms with Crippen LogP contribution in [0, 0.1) is 11.3 Å². The van der Waals surface area contributed by atoms with Gasteiger partial charge in [0, 0.05) is 132 Å². The molecule has 626 valence electrons. The second-order valence-corrected chi connectivity index (χ2v) is 33.8. The van der Waals surface area contributed by atoms with Crippen LogP contribution in [-0.2, 0) is 0 Å². The van der Waals surface area contributed by atoms with E-state index in [1.54, 1.807) is 0 Å². The smallest absolute Gasteiger partial charge is 0.164 e. The quantitative estimate of drug-likeness (QED) is 0.120. The van der Waals surface area contributed by atoms with Crippen LogP contribution in [0.25, 0.3) is 233 Å². The number of benzene rings is 19. The molecular formula is C122H78N12. The molecule has 8 aromatic heterocycles. The molecule has 0 unspecified atom stereocenters. The summed E-state index contributed by atoms with van der Waals surface area (Å²) in [7, 11) is 0. The Hall–Kier alpha value is -18.4. The molecule has 0 atom stereocenters. The monoisotopic (exact) mass is 1710 g/mol. The predicted molar refractivity (Wildman–Crippen MR) is 552 cm³/mol. The van der Waals surface area contributed by atoms with Crippen LogP contribution in [0.3, 0.4) is 0 Å². The Morgan fingerprint density at radius 1 is 0.149 bits per heavy atom. The maximum absolute atomic E-state index is 9.54. The number of para-hydroxylation sites is 9. The maximum atomic E-state index is 9.54. The molecule has 27 rings (SSSR count). The molecule has 0 radical (unpaired) electrons. The Morgan fingerprint density at radius 3 is 0.761 bits per heavy atom. The van der Waals surface area contributed by atoms with Gasteiger partial charge in [-0.25, -0.2) is 24.9 Å². The van der Waals surface area contributed by atoms with Crippen LogP contribution in [0.2, 0.25) is 0 Å². The van der Waals surface area contributed by atoms with E-state index < -0.39 is 0 Å². The first-order chi connectivity index (χ1) is 66.4. The summed E-state index contributed by atoms with van der Waals surface area (Å²) in [6.45, 7) is 0. The van der Waals surface area contributed by atoms with E-state index in [0.29, 0.717) is 28.9 Å². The fourth-order valence-electron chi connectivity index (χ4n) is 20.0. The van der Waals surface area contributed by atoms with E-state index >= 15 is 0 Å². The summed E-state index contributed by atoms with van der Waals surface area (Å²) in [6.07, 6.45) is 0. The number of hydrogen-bond donors (Lipinski definition) is 0. The molecule has 27 aromatic rings. The van der Waals surface area contributed by atoms with Gasteiger partial charge in [0.1, 0.15) is 0 Å². The molecule has 0 aliphatic carbocycles. The normalized spacial score (nSPS) is 11.6. The fourth-order valence-corrected chi connectivity index (χ4v) is 20.0. The van der Waals surface area contributed by atoms with Crippen molar-refractivity contribution in [2.75, 3.05) is 0 Å². The van der Waals surface area contributed by atoms with Crippen LogP contribution in [0.1, 0.15) is 5.56 Å². The predicted octanol–water partition coefficient (Wildman–Crippen LogP) is 30.5. The minimum Gasteiger partial charge on any atom is -0.309 e. The molecule has 0 saturated carbocycles. The first-order valence-electron chi connectivity index (χ1n) is 45.1. The standard InChI is InChI=1S/C46H30N4.C45H29N5.C31H19N3/c1-4-14-31(15-5-1)40-30-41(48-46(47-40)32-16-6-2-7-17-32)33-24-26-38-36-20-10-12-22-42(36)50(45(38)28-33)35-25-27-44-39(29-35)37-21-11-13-23-43(37)49(44)34-18-8-3-9-19-34;1-4-14-30(15-5-1)43-46-44(31-16-6-2-7-17-31)48-45(47-43)32-24-26-41-37(28-32)35-20-10-13-23-40(35)50(41)34-25-27-42-38(29-34)36-21-11-12-22-39(36)49(42)33-18-8-3-9-19-33;32-20-21-14-16-26-24-10-4-6-12-28(24)34(31(26)18-21)23-15-17-30-27(19-23)25-11-5-7-13-29(25)33(30)22-8-2-1-3-9-22/h1-30H;1-29H;1-19H. The first-order valence-corrected chi connectivity index (χ1v) is 45.1. The van der Waals surface area contributed by atoms with Crippen LogP contribution >= 0.6 is 0 Å². The van der Waals surface area contributed by atoms with Gasteiger partial charge in [-0.2, -0.15) is 5.26 Å². The van der Waals surface area contributed by atoms with E-state index in [-0.39, 0.29) is 0 Å². The van der Waals surface area contributed by atoms with Gasteiger partial charge in [0.15, 0.2) is 23.3 Å². The van der Waals surface area contributed by atoms with Crippen molar-refractivity contribution in [3.8, 4) is 108 Å². The highest BCUT2D eigenvalue weighted by molar-refractivity contribution is 6.17. The van der Waals surface area contributed by atoms with E-state index in [2.05, 4.69) is 404 Å². The Labute approximate surface area is 770 Å². The highest BCUT2D eigenvalue weighted by Gasteiger charge is 2.24. The molecule has 0 amide bonds. The SMILES string of the molecule is N#Cc1ccc2c3ccccc3n(-c3ccc4c(c3)c3ccccc3n4-c3ccccc3)c2c1.c1ccc(-c2cc(-c3ccc4c5ccccc5n(-c5ccc6c(c5)c5ccccc5n6-c5ccccc5)c4c3)nc(-c3ccccc3)n2)cc1.c1ccc(-c2nc(-c3ccccc3)nc(-c3ccc4c(c3)c3ccccc3n4-c3ccc4c(c3)c3ccccc3n4-c3ccccc3)n2)cc1. The third-order valence-corrected chi connectivity index (χ3v) is 26.0. The number of nitriles is 1. The minimum absolute atomic E-state index is 0.645. The largest absolute Gasteiger partial charge is 0.309 e. The van der Waals surface area contributed by atoms with Crippen molar-refractivity contribution in [2.45, 2.75) is 0 Å². The van der Waals surface area contributed by atoms with Gasteiger partial charge < -0.3 is 27.4 Å². The van der Waals surface area contributed by atoms with Crippen molar-refractivity contribution in [2.24, 2.45) is 0 Å². The Kier molecular flexibility index (Phi) is 19.0. The van der Waals surface area contributed by atoms with Crippen LogP contribution in [-0.4, -0.2) is 52.3 Å². The Morgan fingerprint density at radius 2 is 0.396 bits per heavy atom. The summed E-state index contributed by atoms with van der Waals surface area (Å²) < 4.78 is 14.1. The van der Waals surface area contributed by atoms with Crippen LogP contribution < -0.4 is 0 Å². The number of hydrogen-bond acceptors (Lipinski definition) is 6. The van der Waals surface area contributed by atoms with Crippen molar-refractivity contribution in [1.29, 1.82) is 5.26 Å². The van der Waals surface area contributed by atoms with Gasteiger partial charge in [-0.3, -0.25) is 0 Å². The van der Waals surface area contributed by atoms with Crippen LogP contribution in [0.4, 0.5) is 0 Å². The van der Waals surface area contributed by atoms with E-state index in [1.807, 2.05) is 103 Å². The van der Waals surface area contributed by atoms with Gasteiger partial charge in [-0.05, 0) is 170 Å². The average molecular weight is 1710 g/mol. The summed E-state index contributed by atoms with van der Waals surface area (Å²) >= 11 is 0. The third kappa shape index (κ3) is 13.4. The van der Waals surface area contributed by atoms with E-state index in [4.69, 9.17) is 24.9 Å². The molecule has 0 bridgehead atoms. The van der Waals surface area contributed by atoms with Gasteiger partial charge in [0.2, 0.25) is 0 Å². The lowest BCUT2D eigenvalue weighted by Crippen LogP contribution is -2.00. The van der Waals surface area contributed by atoms with Crippen LogP contribution in [0.15, 0.2) is 473 Å². The second kappa shape index (κ2) is 32.7. The lowest BCUT2D eigenvalue weighted by molar-refractivity contribution is 1.07. The highest BCUT2D eigenvalue weighted by atomic mass is 15.1. The molecule has 0 saturated heterocycles. The Bertz CT molecular complexity index is 9190. The molecule has 0 aliphatic heterocycles. The fraction of sp³-hybridized carbons (Fsp3) is 0. The van der Waals surface area contributed by atoms with Crippen molar-refractivity contribution >= 4 is 131 Å². The van der Waals surface area contributed by atoms with Crippen molar-refractivity contribution in [3.05, 3.63) is 479 Å². The average Bonchev–Trinajstić information content (AvgIpc) is 1.58. The summed E-state index contributed by atoms with van der Waals surface area (Å²) in [4.78, 5) is 25.1. The third-order valence-electron chi connectivity index (χ3n) is 26.0. The van der Waals surface area contributed by atoms with Gasteiger partial charge in [0.25, 0.3) is 0 Å². The zero-order chi connectivity index (χ0) is 88.7. The first kappa shape index (κ1) is 77.9. The summed E-state index contributed by atoms with van der Waals surface area (Å²) in [5, 5.41) is 24.0. The maximum Gasteiger partial charge on any atom is 0.164 e. The van der Waals surface area contributed by atoms with E-state index in [0.717, 1.165) is 117 Å². The van der Waals surface area contributed by atoms with E-state index in [9.17, 15) is 5.26 Å². The molecule has 134 heavy (non-hydrogen) atoms. The highest BCUT2D eigenvalue weighted by Crippen LogP contribution is 2.44. The number of rotatable bonds is 12. The van der Waals surface area contributed by atoms with Gasteiger partial charge in [-0.15, -0.1) is 0 Å². The molecule has 8 heterocycles. The number of aromatic nitrogens is 11. The van der Waals surface area contributed by atoms with Crippen molar-refractivity contribution in [3.63, 3.8) is 0 Å². The molecule has 0 N–H and O–H groups in total. The Balaban J connectivity index is 0.000000110. The zero-order valence-electron chi connectivity index (χ0n) is 72.4. The molecule has 0 aliphatic rings. The number of nitrogens with zero attached hydrogens (tertiary/aromatic N) is 12. The molecule has 0 fully saturated rings. The summed E-state index contributed by atoms with van der Waals surface area (Å²) in [5.41, 5.74) is 29.1. The zero-order valence-corrected chi connectivity index (χ0v) is 72.4.